The lowest BCUT2D eigenvalue weighted by molar-refractivity contribution is -0.128. The van der Waals surface area contributed by atoms with Gasteiger partial charge in [-0.25, -0.2) is 0 Å². The lowest BCUT2D eigenvalue weighted by Gasteiger charge is -2.30. The molecule has 19 heavy (non-hydrogen) atoms. The molecule has 1 aliphatic rings. The van der Waals surface area contributed by atoms with Gasteiger partial charge in [-0.2, -0.15) is 0 Å². The van der Waals surface area contributed by atoms with Crippen molar-refractivity contribution in [2.75, 3.05) is 25.9 Å². The number of carbonyl (C=O) groups excluding carboxylic acids is 1. The number of anilines is 1. The predicted molar refractivity (Wildman–Crippen MR) is 76.5 cm³/mol. The van der Waals surface area contributed by atoms with Crippen LogP contribution in [-0.4, -0.2) is 37.1 Å². The number of nitrogens with zero attached hydrogens (tertiary/aromatic N) is 1. The fourth-order valence-electron chi connectivity index (χ4n) is 2.25. The molecule has 2 N–H and O–H groups in total. The van der Waals surface area contributed by atoms with Crippen LogP contribution in [0, 0.1) is 0 Å². The SMILES string of the molecule is COC1CCN(C(=O)/C=C/c2cccc(N)c2)CC1. The Balaban J connectivity index is 1.91. The Morgan fingerprint density at radius 3 is 2.79 bits per heavy atom. The number of hydrogen-bond acceptors (Lipinski definition) is 3. The summed E-state index contributed by atoms with van der Waals surface area (Å²) >= 11 is 0. The molecule has 0 atom stereocenters. The minimum absolute atomic E-state index is 0.0528. The second kappa shape index (κ2) is 6.38. The zero-order valence-electron chi connectivity index (χ0n) is 11.2. The number of nitrogens with two attached hydrogens (primary N) is 1. The number of benzene rings is 1. The molecule has 0 bridgehead atoms. The Bertz CT molecular complexity index is 463. The van der Waals surface area contributed by atoms with Gasteiger partial charge >= 0.3 is 0 Å². The quantitative estimate of drug-likeness (QED) is 0.667. The van der Waals surface area contributed by atoms with E-state index in [9.17, 15) is 4.79 Å². The highest BCUT2D eigenvalue weighted by Gasteiger charge is 2.20. The van der Waals surface area contributed by atoms with Crippen molar-refractivity contribution in [1.82, 2.24) is 4.90 Å². The maximum absolute atomic E-state index is 12.0. The molecule has 1 aliphatic heterocycles. The molecule has 1 aromatic rings. The van der Waals surface area contributed by atoms with Gasteiger partial charge in [0.2, 0.25) is 5.91 Å². The summed E-state index contributed by atoms with van der Waals surface area (Å²) in [7, 11) is 1.72. The van der Waals surface area contributed by atoms with Crippen molar-refractivity contribution in [3.05, 3.63) is 35.9 Å². The van der Waals surface area contributed by atoms with Crippen LogP contribution in [0.3, 0.4) is 0 Å². The van der Waals surface area contributed by atoms with Gasteiger partial charge in [0.25, 0.3) is 0 Å². The third kappa shape index (κ3) is 3.83. The smallest absolute Gasteiger partial charge is 0.246 e. The van der Waals surface area contributed by atoms with Crippen LogP contribution in [0.4, 0.5) is 5.69 Å². The second-order valence-electron chi connectivity index (χ2n) is 4.76. The van der Waals surface area contributed by atoms with Crippen LogP contribution in [0.15, 0.2) is 30.3 Å². The zero-order valence-corrected chi connectivity index (χ0v) is 11.2. The fraction of sp³-hybridized carbons (Fsp3) is 0.400. The zero-order chi connectivity index (χ0) is 13.7. The molecule has 1 aromatic carbocycles. The van der Waals surface area contributed by atoms with E-state index in [1.54, 1.807) is 19.3 Å². The maximum atomic E-state index is 12.0. The number of hydrogen-bond donors (Lipinski definition) is 1. The molecule has 4 nitrogen and oxygen atoms in total. The molecular formula is C15H20N2O2. The third-order valence-corrected chi connectivity index (χ3v) is 3.42. The van der Waals surface area contributed by atoms with Crippen LogP contribution >= 0.6 is 0 Å². The summed E-state index contributed by atoms with van der Waals surface area (Å²) in [5.41, 5.74) is 7.34. The van der Waals surface area contributed by atoms with Gasteiger partial charge in [-0.15, -0.1) is 0 Å². The number of piperidine rings is 1. The van der Waals surface area contributed by atoms with E-state index in [0.717, 1.165) is 31.5 Å². The summed E-state index contributed by atoms with van der Waals surface area (Å²) in [6.45, 7) is 1.53. The van der Waals surface area contributed by atoms with Crippen molar-refractivity contribution < 1.29 is 9.53 Å². The van der Waals surface area contributed by atoms with Gasteiger partial charge in [0.15, 0.2) is 0 Å². The minimum atomic E-state index is 0.0528. The first-order valence-electron chi connectivity index (χ1n) is 6.54. The van der Waals surface area contributed by atoms with Gasteiger partial charge < -0.3 is 15.4 Å². The molecule has 1 heterocycles. The van der Waals surface area contributed by atoms with Crippen molar-refractivity contribution in [2.24, 2.45) is 0 Å². The normalized spacial score (nSPS) is 17.0. The molecule has 0 saturated carbocycles. The standard InChI is InChI=1S/C15H20N2O2/c1-19-14-7-9-17(10-8-14)15(18)6-5-12-3-2-4-13(16)11-12/h2-6,11,14H,7-10,16H2,1H3/b6-5+. The molecule has 0 aliphatic carbocycles. The van der Waals surface area contributed by atoms with Crippen LogP contribution in [0.1, 0.15) is 18.4 Å². The Morgan fingerprint density at radius 1 is 1.42 bits per heavy atom. The molecule has 4 heteroatoms. The molecular weight excluding hydrogens is 240 g/mol. The number of nitrogen functional groups attached to an aromatic ring is 1. The molecule has 102 valence electrons. The number of methoxy groups -OCH3 is 1. The Hall–Kier alpha value is -1.81. The van der Waals surface area contributed by atoms with E-state index in [2.05, 4.69) is 0 Å². The summed E-state index contributed by atoms with van der Waals surface area (Å²) in [5.74, 6) is 0.0528. The van der Waals surface area contributed by atoms with E-state index in [4.69, 9.17) is 10.5 Å². The van der Waals surface area contributed by atoms with Crippen LogP contribution in [0.5, 0.6) is 0 Å². The number of likely N-dealkylation sites (tertiary alicyclic amines) is 1. The Kier molecular flexibility index (Phi) is 4.58. The van der Waals surface area contributed by atoms with Gasteiger partial charge in [-0.05, 0) is 36.6 Å². The lowest BCUT2D eigenvalue weighted by atomic mass is 10.1. The van der Waals surface area contributed by atoms with Crippen molar-refractivity contribution in [3.8, 4) is 0 Å². The molecule has 0 radical (unpaired) electrons. The molecule has 1 amide bonds. The predicted octanol–water partition coefficient (Wildman–Crippen LogP) is 1.92. The van der Waals surface area contributed by atoms with Gasteiger partial charge in [-0.1, -0.05) is 12.1 Å². The van der Waals surface area contributed by atoms with Gasteiger partial charge in [0.05, 0.1) is 6.10 Å². The lowest BCUT2D eigenvalue weighted by Crippen LogP contribution is -2.39. The highest BCUT2D eigenvalue weighted by Crippen LogP contribution is 2.14. The summed E-state index contributed by atoms with van der Waals surface area (Å²) < 4.78 is 5.29. The summed E-state index contributed by atoms with van der Waals surface area (Å²) in [6, 6.07) is 7.48. The van der Waals surface area contributed by atoms with Crippen LogP contribution in [0.25, 0.3) is 6.08 Å². The largest absolute Gasteiger partial charge is 0.399 e. The first-order chi connectivity index (χ1) is 9.19. The van der Waals surface area contributed by atoms with E-state index in [-0.39, 0.29) is 5.91 Å². The van der Waals surface area contributed by atoms with E-state index in [0.29, 0.717) is 11.8 Å². The minimum Gasteiger partial charge on any atom is -0.399 e. The van der Waals surface area contributed by atoms with Crippen molar-refractivity contribution >= 4 is 17.7 Å². The number of carbonyl (C=O) groups is 1. The summed E-state index contributed by atoms with van der Waals surface area (Å²) in [5, 5.41) is 0. The van der Waals surface area contributed by atoms with E-state index in [1.807, 2.05) is 29.2 Å². The maximum Gasteiger partial charge on any atom is 0.246 e. The second-order valence-corrected chi connectivity index (χ2v) is 4.76. The Labute approximate surface area is 113 Å². The summed E-state index contributed by atoms with van der Waals surface area (Å²) in [4.78, 5) is 13.9. The van der Waals surface area contributed by atoms with Crippen LogP contribution in [-0.2, 0) is 9.53 Å². The van der Waals surface area contributed by atoms with Crippen LogP contribution in [0.2, 0.25) is 0 Å². The van der Waals surface area contributed by atoms with E-state index >= 15 is 0 Å². The highest BCUT2D eigenvalue weighted by molar-refractivity contribution is 5.91. The average Bonchev–Trinajstić information content (AvgIpc) is 2.45. The fourth-order valence-corrected chi connectivity index (χ4v) is 2.25. The number of amides is 1. The first-order valence-corrected chi connectivity index (χ1v) is 6.54. The van der Waals surface area contributed by atoms with Gasteiger partial charge in [0.1, 0.15) is 0 Å². The van der Waals surface area contributed by atoms with Crippen molar-refractivity contribution in [3.63, 3.8) is 0 Å². The molecule has 1 fully saturated rings. The topological polar surface area (TPSA) is 55.6 Å². The molecule has 0 aromatic heterocycles. The van der Waals surface area contributed by atoms with E-state index < -0.39 is 0 Å². The molecule has 0 spiro atoms. The van der Waals surface area contributed by atoms with Crippen LogP contribution < -0.4 is 5.73 Å². The van der Waals surface area contributed by atoms with Crippen molar-refractivity contribution in [2.45, 2.75) is 18.9 Å². The van der Waals surface area contributed by atoms with Gasteiger partial charge in [-0.3, -0.25) is 4.79 Å². The molecule has 0 unspecified atom stereocenters. The van der Waals surface area contributed by atoms with Gasteiger partial charge in [0, 0.05) is 32.0 Å². The molecule has 1 saturated heterocycles. The van der Waals surface area contributed by atoms with E-state index in [1.165, 1.54) is 0 Å². The first kappa shape index (κ1) is 13.6. The third-order valence-electron chi connectivity index (χ3n) is 3.42. The number of rotatable bonds is 3. The summed E-state index contributed by atoms with van der Waals surface area (Å²) in [6.07, 6.45) is 5.54. The van der Waals surface area contributed by atoms with Crippen molar-refractivity contribution in [1.29, 1.82) is 0 Å². The number of ether oxygens (including phenoxy) is 1. The average molecular weight is 260 g/mol. The Morgan fingerprint density at radius 2 is 2.16 bits per heavy atom. The molecule has 2 rings (SSSR count). The highest BCUT2D eigenvalue weighted by atomic mass is 16.5. The monoisotopic (exact) mass is 260 g/mol.